The minimum Gasteiger partial charge on any atom is -0.334 e. The summed E-state index contributed by atoms with van der Waals surface area (Å²) in [6.07, 6.45) is 0.737. The van der Waals surface area contributed by atoms with Gasteiger partial charge in [0.05, 0.1) is 0 Å². The Balaban J connectivity index is 0.00000162. The molecule has 0 saturated carbocycles. The Kier molecular flexibility index (Phi) is 5.59. The van der Waals surface area contributed by atoms with Gasteiger partial charge in [-0.05, 0) is 32.2 Å². The predicted octanol–water partition coefficient (Wildman–Crippen LogP) is 2.96. The van der Waals surface area contributed by atoms with Crippen LogP contribution in [0.2, 0.25) is 5.02 Å². The zero-order valence-electron chi connectivity index (χ0n) is 10.2. The lowest BCUT2D eigenvalue weighted by molar-refractivity contribution is 0.418. The van der Waals surface area contributed by atoms with Crippen LogP contribution in [-0.4, -0.2) is 23.2 Å². The van der Waals surface area contributed by atoms with Gasteiger partial charge in [0.15, 0.2) is 5.82 Å². The van der Waals surface area contributed by atoms with Gasteiger partial charge in [-0.2, -0.15) is 4.98 Å². The third-order valence-electron chi connectivity index (χ3n) is 2.52. The zero-order valence-corrected chi connectivity index (χ0v) is 11.8. The molecule has 0 saturated heterocycles. The highest BCUT2D eigenvalue weighted by molar-refractivity contribution is 6.30. The second kappa shape index (κ2) is 6.73. The van der Waals surface area contributed by atoms with E-state index >= 15 is 0 Å². The summed E-state index contributed by atoms with van der Waals surface area (Å²) in [4.78, 5) is 4.33. The molecule has 18 heavy (non-hydrogen) atoms. The van der Waals surface area contributed by atoms with Gasteiger partial charge in [-0.1, -0.05) is 22.8 Å². The van der Waals surface area contributed by atoms with E-state index in [2.05, 4.69) is 22.4 Å². The van der Waals surface area contributed by atoms with Gasteiger partial charge in [0.25, 0.3) is 5.89 Å². The summed E-state index contributed by atoms with van der Waals surface area (Å²) in [7, 11) is 1.91. The van der Waals surface area contributed by atoms with E-state index < -0.39 is 0 Å². The summed E-state index contributed by atoms with van der Waals surface area (Å²) in [5.74, 6) is 1.20. The van der Waals surface area contributed by atoms with Gasteiger partial charge < -0.3 is 9.84 Å². The maximum absolute atomic E-state index is 5.91. The van der Waals surface area contributed by atoms with Crippen molar-refractivity contribution in [3.8, 4) is 11.5 Å². The van der Waals surface area contributed by atoms with Crippen LogP contribution in [0, 0.1) is 0 Å². The summed E-state index contributed by atoms with van der Waals surface area (Å²) in [5, 5.41) is 7.73. The molecular weight excluding hydrogens is 273 g/mol. The SMILES string of the molecule is CNC(C)Cc1noc(-c2cccc(Cl)c2)n1.Cl. The van der Waals surface area contributed by atoms with E-state index in [1.54, 1.807) is 6.07 Å². The number of aromatic nitrogens is 2. The molecule has 4 nitrogen and oxygen atoms in total. The van der Waals surface area contributed by atoms with Crippen LogP contribution >= 0.6 is 24.0 Å². The number of halogens is 2. The maximum Gasteiger partial charge on any atom is 0.257 e. The number of hydrogen-bond acceptors (Lipinski definition) is 4. The van der Waals surface area contributed by atoms with Crippen molar-refractivity contribution in [2.75, 3.05) is 7.05 Å². The summed E-state index contributed by atoms with van der Waals surface area (Å²) < 4.78 is 5.20. The molecule has 6 heteroatoms. The molecule has 2 aromatic rings. The van der Waals surface area contributed by atoms with Gasteiger partial charge >= 0.3 is 0 Å². The van der Waals surface area contributed by atoms with Gasteiger partial charge in [-0.15, -0.1) is 12.4 Å². The van der Waals surface area contributed by atoms with Crippen molar-refractivity contribution >= 4 is 24.0 Å². The van der Waals surface area contributed by atoms with Crippen LogP contribution in [0.5, 0.6) is 0 Å². The summed E-state index contributed by atoms with van der Waals surface area (Å²) in [6, 6.07) is 7.69. The number of nitrogens with zero attached hydrogens (tertiary/aromatic N) is 2. The lowest BCUT2D eigenvalue weighted by Crippen LogP contribution is -2.24. The van der Waals surface area contributed by atoms with Crippen molar-refractivity contribution in [2.24, 2.45) is 0 Å². The first-order chi connectivity index (χ1) is 8.19. The van der Waals surface area contributed by atoms with E-state index in [-0.39, 0.29) is 12.4 Å². The van der Waals surface area contributed by atoms with Crippen molar-refractivity contribution in [1.29, 1.82) is 0 Å². The number of benzene rings is 1. The van der Waals surface area contributed by atoms with Gasteiger partial charge in [-0.3, -0.25) is 0 Å². The molecule has 0 radical (unpaired) electrons. The second-order valence-electron chi connectivity index (χ2n) is 3.92. The standard InChI is InChI=1S/C12H14ClN3O.ClH/c1-8(14-2)6-11-15-12(17-16-11)9-4-3-5-10(13)7-9;/h3-5,7-8,14H,6H2,1-2H3;1H. The Morgan fingerprint density at radius 1 is 1.44 bits per heavy atom. The van der Waals surface area contributed by atoms with Crippen LogP contribution in [0.25, 0.3) is 11.5 Å². The molecule has 98 valence electrons. The highest BCUT2D eigenvalue weighted by Gasteiger charge is 2.11. The van der Waals surface area contributed by atoms with Crippen molar-refractivity contribution in [1.82, 2.24) is 15.5 Å². The van der Waals surface area contributed by atoms with E-state index in [0.717, 1.165) is 12.0 Å². The smallest absolute Gasteiger partial charge is 0.257 e. The highest BCUT2D eigenvalue weighted by Crippen LogP contribution is 2.21. The Hall–Kier alpha value is -1.10. The highest BCUT2D eigenvalue weighted by atomic mass is 35.5. The molecule has 1 heterocycles. The number of rotatable bonds is 4. The van der Waals surface area contributed by atoms with Gasteiger partial charge in [0.2, 0.25) is 0 Å². The predicted molar refractivity (Wildman–Crippen MR) is 74.2 cm³/mol. The minimum atomic E-state index is 0. The van der Waals surface area contributed by atoms with Crippen LogP contribution < -0.4 is 5.32 Å². The van der Waals surface area contributed by atoms with Crippen LogP contribution in [0.3, 0.4) is 0 Å². The van der Waals surface area contributed by atoms with Crippen molar-refractivity contribution in [3.05, 3.63) is 35.1 Å². The molecular formula is C12H15Cl2N3O. The molecule has 0 fully saturated rings. The summed E-state index contributed by atoms with van der Waals surface area (Å²) >= 11 is 5.91. The first kappa shape index (κ1) is 15.0. The van der Waals surface area contributed by atoms with Gasteiger partial charge in [-0.25, -0.2) is 0 Å². The van der Waals surface area contributed by atoms with Gasteiger partial charge in [0, 0.05) is 23.0 Å². The fourth-order valence-electron chi connectivity index (χ4n) is 1.45. The van der Waals surface area contributed by atoms with Crippen molar-refractivity contribution in [3.63, 3.8) is 0 Å². The number of hydrogen-bond donors (Lipinski definition) is 1. The molecule has 1 unspecified atom stereocenters. The second-order valence-corrected chi connectivity index (χ2v) is 4.36. The number of likely N-dealkylation sites (N-methyl/N-ethyl adjacent to an activating group) is 1. The van der Waals surface area contributed by atoms with Gasteiger partial charge in [0.1, 0.15) is 0 Å². The lowest BCUT2D eigenvalue weighted by atomic mass is 10.2. The fraction of sp³-hybridized carbons (Fsp3) is 0.333. The molecule has 0 spiro atoms. The molecule has 1 N–H and O–H groups in total. The van der Waals surface area contributed by atoms with Crippen LogP contribution in [0.1, 0.15) is 12.7 Å². The quantitative estimate of drug-likeness (QED) is 0.939. The van der Waals surface area contributed by atoms with Crippen molar-refractivity contribution in [2.45, 2.75) is 19.4 Å². The maximum atomic E-state index is 5.91. The van der Waals surface area contributed by atoms with E-state index in [4.69, 9.17) is 16.1 Å². The van der Waals surface area contributed by atoms with E-state index in [1.165, 1.54) is 0 Å². The Morgan fingerprint density at radius 3 is 2.89 bits per heavy atom. The molecule has 0 aliphatic rings. The first-order valence-electron chi connectivity index (χ1n) is 5.45. The third kappa shape index (κ3) is 3.70. The average molecular weight is 288 g/mol. The summed E-state index contributed by atoms with van der Waals surface area (Å²) in [5.41, 5.74) is 0.841. The molecule has 1 atom stereocenters. The third-order valence-corrected chi connectivity index (χ3v) is 2.76. The molecule has 1 aromatic heterocycles. The molecule has 2 rings (SSSR count). The average Bonchev–Trinajstić information content (AvgIpc) is 2.77. The van der Waals surface area contributed by atoms with E-state index in [0.29, 0.717) is 22.8 Å². The van der Waals surface area contributed by atoms with E-state index in [9.17, 15) is 0 Å². The molecule has 0 aliphatic carbocycles. The Labute approximate surface area is 117 Å². The topological polar surface area (TPSA) is 51.0 Å². The summed E-state index contributed by atoms with van der Waals surface area (Å²) in [6.45, 7) is 2.06. The molecule has 0 bridgehead atoms. The Morgan fingerprint density at radius 2 is 2.22 bits per heavy atom. The lowest BCUT2D eigenvalue weighted by Gasteiger charge is -2.04. The normalized spacial score (nSPS) is 11.9. The molecule has 0 amide bonds. The zero-order chi connectivity index (χ0) is 12.3. The fourth-order valence-corrected chi connectivity index (χ4v) is 1.64. The first-order valence-corrected chi connectivity index (χ1v) is 5.82. The minimum absolute atomic E-state index is 0. The van der Waals surface area contributed by atoms with E-state index in [1.807, 2.05) is 25.2 Å². The number of nitrogens with one attached hydrogen (secondary N) is 1. The largest absolute Gasteiger partial charge is 0.334 e. The monoisotopic (exact) mass is 287 g/mol. The Bertz CT molecular complexity index is 502. The van der Waals surface area contributed by atoms with Crippen LogP contribution in [0.15, 0.2) is 28.8 Å². The molecule has 0 aliphatic heterocycles. The molecule has 1 aromatic carbocycles. The van der Waals surface area contributed by atoms with Crippen LogP contribution in [-0.2, 0) is 6.42 Å². The van der Waals surface area contributed by atoms with Crippen molar-refractivity contribution < 1.29 is 4.52 Å². The van der Waals surface area contributed by atoms with Crippen LogP contribution in [0.4, 0.5) is 0 Å².